The first-order valence-electron chi connectivity index (χ1n) is 23.5. The molecule has 1 aliphatic rings. The number of phosphoric ester groups is 2. The number of rotatable bonds is 40. The molecule has 1 aliphatic carbocycles. The van der Waals surface area contributed by atoms with Gasteiger partial charge in [-0.3, -0.25) is 28.0 Å². The van der Waals surface area contributed by atoms with Gasteiger partial charge in [0.15, 0.2) is 6.10 Å². The average molecular weight is 933 g/mol. The molecule has 0 bridgehead atoms. The Morgan fingerprint density at radius 3 is 1.31 bits per heavy atom. The van der Waals surface area contributed by atoms with Gasteiger partial charge in [0.1, 0.15) is 49.0 Å². The number of hydrogen-bond donors (Lipinski definition) is 7. The van der Waals surface area contributed by atoms with E-state index in [4.69, 9.17) is 28.3 Å². The van der Waals surface area contributed by atoms with Crippen LogP contribution in [0.4, 0.5) is 0 Å². The zero-order chi connectivity index (χ0) is 46.2. The van der Waals surface area contributed by atoms with Crippen molar-refractivity contribution in [2.24, 2.45) is 0 Å². The summed E-state index contributed by atoms with van der Waals surface area (Å²) >= 11 is 0. The molecule has 19 heteroatoms. The number of unbranched alkanes of at least 4 members (excludes halogenated alkanes) is 22. The van der Waals surface area contributed by atoms with Crippen molar-refractivity contribution in [2.75, 3.05) is 13.2 Å². The molecule has 1 fully saturated rings. The molecule has 0 heterocycles. The molecule has 0 aliphatic heterocycles. The average Bonchev–Trinajstić information content (AvgIpc) is 3.21. The standard InChI is InChI=1S/C43H82O17P2/c1-3-5-6-7-8-9-10-11-14-18-21-24-27-31-37(46)58-35(32-56-36(45)30-26-23-20-17-15-12-13-16-19-22-25-29-34(44)28-4-2)33-57-62(54,55)60-43-40(49)38(47)39(48)42(41(43)50)59-61(51,52)53/h35,38-43,47-50H,3-33H2,1-2H3,(H,54,55)(H2,51,52,53)/t35-,38+,39?,40?,41-,42-,43?/m1/s1. The maximum Gasteiger partial charge on any atom is 0.472 e. The van der Waals surface area contributed by atoms with Crippen molar-refractivity contribution in [1.82, 2.24) is 0 Å². The summed E-state index contributed by atoms with van der Waals surface area (Å²) in [6.45, 7) is 2.88. The molecule has 0 spiro atoms. The summed E-state index contributed by atoms with van der Waals surface area (Å²) in [6, 6.07) is 0. The van der Waals surface area contributed by atoms with Gasteiger partial charge < -0.3 is 44.6 Å². The number of carbonyl (C=O) groups excluding carboxylic acids is 3. The fourth-order valence-corrected chi connectivity index (χ4v) is 8.98. The van der Waals surface area contributed by atoms with Gasteiger partial charge in [-0.15, -0.1) is 0 Å². The van der Waals surface area contributed by atoms with Crippen LogP contribution in [0.15, 0.2) is 0 Å². The molecule has 1 rings (SSSR count). The van der Waals surface area contributed by atoms with Crippen LogP contribution in [0, 0.1) is 0 Å². The lowest BCUT2D eigenvalue weighted by molar-refractivity contribution is -0.216. The van der Waals surface area contributed by atoms with Gasteiger partial charge in [-0.1, -0.05) is 149 Å². The molecule has 366 valence electrons. The smallest absolute Gasteiger partial charge is 0.462 e. The second-order valence-corrected chi connectivity index (χ2v) is 19.4. The highest BCUT2D eigenvalue weighted by molar-refractivity contribution is 7.47. The van der Waals surface area contributed by atoms with E-state index in [1.807, 2.05) is 6.92 Å². The molecule has 0 radical (unpaired) electrons. The monoisotopic (exact) mass is 933 g/mol. The summed E-state index contributed by atoms with van der Waals surface area (Å²) < 4.78 is 49.3. The maximum absolute atomic E-state index is 13.0. The predicted octanol–water partition coefficient (Wildman–Crippen LogP) is 7.80. The number of Topliss-reactive ketones (excluding diaryl/α,β-unsaturated/α-hetero) is 1. The molecule has 0 aromatic carbocycles. The molecule has 7 N–H and O–H groups in total. The number of hydrogen-bond acceptors (Lipinski definition) is 14. The molecular formula is C43H82O17P2. The van der Waals surface area contributed by atoms with Gasteiger partial charge in [-0.25, -0.2) is 9.13 Å². The van der Waals surface area contributed by atoms with Crippen LogP contribution in [-0.2, 0) is 46.6 Å². The van der Waals surface area contributed by atoms with Crippen LogP contribution in [0.2, 0.25) is 0 Å². The molecular weight excluding hydrogens is 850 g/mol. The first-order chi connectivity index (χ1) is 29.5. The molecule has 8 atom stereocenters. The molecule has 17 nitrogen and oxygen atoms in total. The number of ether oxygens (including phenoxy) is 2. The van der Waals surface area contributed by atoms with Gasteiger partial charge in [0.25, 0.3) is 0 Å². The number of aliphatic hydroxyl groups is 4. The largest absolute Gasteiger partial charge is 0.472 e. The van der Waals surface area contributed by atoms with Gasteiger partial charge in [0.05, 0.1) is 6.61 Å². The lowest BCUT2D eigenvalue weighted by Gasteiger charge is -2.43. The second kappa shape index (κ2) is 34.9. The Kier molecular flexibility index (Phi) is 33.1. The minimum absolute atomic E-state index is 0.0401. The van der Waals surface area contributed by atoms with E-state index in [2.05, 4.69) is 11.4 Å². The zero-order valence-electron chi connectivity index (χ0n) is 37.6. The Labute approximate surface area is 370 Å². The lowest BCUT2D eigenvalue weighted by atomic mass is 9.85. The highest BCUT2D eigenvalue weighted by Gasteiger charge is 2.54. The van der Waals surface area contributed by atoms with Gasteiger partial charge in [0, 0.05) is 25.7 Å². The summed E-state index contributed by atoms with van der Waals surface area (Å²) in [6.07, 6.45) is 13.3. The van der Waals surface area contributed by atoms with Crippen molar-refractivity contribution in [3.05, 3.63) is 0 Å². The van der Waals surface area contributed by atoms with Gasteiger partial charge >= 0.3 is 27.6 Å². The van der Waals surface area contributed by atoms with E-state index in [-0.39, 0.29) is 12.8 Å². The number of carbonyl (C=O) groups is 3. The fourth-order valence-electron chi connectivity index (χ4n) is 7.44. The quantitative estimate of drug-likeness (QED) is 0.0175. The summed E-state index contributed by atoms with van der Waals surface area (Å²) in [4.78, 5) is 65.8. The van der Waals surface area contributed by atoms with Crippen LogP contribution in [0.25, 0.3) is 0 Å². The zero-order valence-corrected chi connectivity index (χ0v) is 39.4. The Morgan fingerprint density at radius 2 is 0.871 bits per heavy atom. The number of ketones is 1. The van der Waals surface area contributed by atoms with Crippen molar-refractivity contribution < 1.29 is 81.7 Å². The Balaban J connectivity index is 2.58. The van der Waals surface area contributed by atoms with Crippen LogP contribution in [0.5, 0.6) is 0 Å². The minimum atomic E-state index is -5.36. The van der Waals surface area contributed by atoms with E-state index in [9.17, 15) is 48.8 Å². The summed E-state index contributed by atoms with van der Waals surface area (Å²) in [5, 5.41) is 41.2. The summed E-state index contributed by atoms with van der Waals surface area (Å²) in [5.41, 5.74) is 0. The van der Waals surface area contributed by atoms with Crippen LogP contribution >= 0.6 is 15.6 Å². The highest BCUT2D eigenvalue weighted by atomic mass is 31.2. The molecule has 1 saturated carbocycles. The Hall–Kier alpha value is -1.33. The van der Waals surface area contributed by atoms with Gasteiger partial charge in [-0.2, -0.15) is 0 Å². The van der Waals surface area contributed by atoms with E-state index in [0.29, 0.717) is 31.5 Å². The Morgan fingerprint density at radius 1 is 0.468 bits per heavy atom. The van der Waals surface area contributed by atoms with Crippen molar-refractivity contribution in [3.8, 4) is 0 Å². The first-order valence-corrected chi connectivity index (χ1v) is 26.5. The summed E-state index contributed by atoms with van der Waals surface area (Å²) in [7, 11) is -10.7. The molecule has 0 aromatic rings. The van der Waals surface area contributed by atoms with E-state index in [1.54, 1.807) is 0 Å². The van der Waals surface area contributed by atoms with Gasteiger partial charge in [-0.05, 0) is 25.7 Å². The SMILES string of the molecule is CCCCCCCCCCCCCCCC(=O)O[C@H](COC(=O)CCCCCCCCCCCCCC(=O)CCC)COP(=O)(O)OC1C(O)[C@@H](O)C(O)[C@@H](OP(=O)(O)O)[C@H]1O. The topological polar surface area (TPSA) is 273 Å². The lowest BCUT2D eigenvalue weighted by Crippen LogP contribution is -2.64. The van der Waals surface area contributed by atoms with E-state index in [1.165, 1.54) is 51.4 Å². The number of aliphatic hydroxyl groups excluding tert-OH is 4. The van der Waals surface area contributed by atoms with Crippen LogP contribution < -0.4 is 0 Å². The summed E-state index contributed by atoms with van der Waals surface area (Å²) in [5.74, 6) is -0.865. The van der Waals surface area contributed by atoms with Crippen molar-refractivity contribution in [3.63, 3.8) is 0 Å². The highest BCUT2D eigenvalue weighted by Crippen LogP contribution is 2.49. The Bertz CT molecular complexity index is 1280. The molecule has 0 aromatic heterocycles. The third-order valence-electron chi connectivity index (χ3n) is 11.1. The third-order valence-corrected chi connectivity index (χ3v) is 12.6. The second-order valence-electron chi connectivity index (χ2n) is 16.8. The fraction of sp³-hybridized carbons (Fsp3) is 0.930. The van der Waals surface area contributed by atoms with Crippen molar-refractivity contribution in [1.29, 1.82) is 0 Å². The predicted molar refractivity (Wildman–Crippen MR) is 233 cm³/mol. The van der Waals surface area contributed by atoms with Crippen LogP contribution in [0.1, 0.15) is 200 Å². The van der Waals surface area contributed by atoms with E-state index >= 15 is 0 Å². The molecule has 62 heavy (non-hydrogen) atoms. The molecule has 4 unspecified atom stereocenters. The van der Waals surface area contributed by atoms with E-state index < -0.39 is 83.5 Å². The molecule has 0 saturated heterocycles. The maximum atomic E-state index is 13.0. The van der Waals surface area contributed by atoms with Crippen molar-refractivity contribution in [2.45, 2.75) is 243 Å². The van der Waals surface area contributed by atoms with Crippen molar-refractivity contribution >= 4 is 33.4 Å². The normalized spacial score (nSPS) is 22.0. The molecule has 0 amide bonds. The van der Waals surface area contributed by atoms with Crippen LogP contribution in [0.3, 0.4) is 0 Å². The number of phosphoric acid groups is 2. The number of esters is 2. The minimum Gasteiger partial charge on any atom is -0.462 e. The third kappa shape index (κ3) is 29.3. The van der Waals surface area contributed by atoms with E-state index in [0.717, 1.165) is 96.3 Å². The van der Waals surface area contributed by atoms with Crippen LogP contribution in [-0.4, -0.2) is 109 Å². The first kappa shape index (κ1) is 58.7. The van der Waals surface area contributed by atoms with Gasteiger partial charge in [0.2, 0.25) is 0 Å².